The van der Waals surface area contributed by atoms with Crippen molar-refractivity contribution in [3.8, 4) is 0 Å². The van der Waals surface area contributed by atoms with Crippen LogP contribution in [-0.4, -0.2) is 42.8 Å². The van der Waals surface area contributed by atoms with Gasteiger partial charge in [0.2, 0.25) is 0 Å². The average Bonchev–Trinajstić information content (AvgIpc) is 2.94. The predicted octanol–water partition coefficient (Wildman–Crippen LogP) is 3.34. The molecule has 156 valence electrons. The van der Waals surface area contributed by atoms with Gasteiger partial charge in [0.25, 0.3) is 0 Å². The van der Waals surface area contributed by atoms with Gasteiger partial charge in [0.05, 0.1) is 24.7 Å². The smallest absolute Gasteiger partial charge is 0.139 e. The van der Waals surface area contributed by atoms with E-state index in [4.69, 9.17) is 4.74 Å². The molecule has 0 aromatic rings. The molecule has 4 fully saturated rings. The molecule has 0 radical (unpaired) electrons. The summed E-state index contributed by atoms with van der Waals surface area (Å²) in [6.45, 7) is 9.68. The highest BCUT2D eigenvalue weighted by molar-refractivity contribution is 5.85. The maximum Gasteiger partial charge on any atom is 0.139 e. The Morgan fingerprint density at radius 2 is 2.00 bits per heavy atom. The van der Waals surface area contributed by atoms with Gasteiger partial charge in [-0.1, -0.05) is 32.4 Å². The molecule has 0 bridgehead atoms. The SMILES string of the molecule is CC1C=C2CC(O)CC[C@]2(C)[C@@H]2CC[C@]3(C)C(C4CNCCO4)C(=O)C[C@H]3[C@H]12. The van der Waals surface area contributed by atoms with Crippen LogP contribution in [0, 0.1) is 40.4 Å². The minimum Gasteiger partial charge on any atom is -0.393 e. The largest absolute Gasteiger partial charge is 0.393 e. The van der Waals surface area contributed by atoms with Gasteiger partial charge in [-0.2, -0.15) is 0 Å². The van der Waals surface area contributed by atoms with Crippen molar-refractivity contribution in [2.75, 3.05) is 19.7 Å². The Labute approximate surface area is 169 Å². The van der Waals surface area contributed by atoms with Crippen LogP contribution in [-0.2, 0) is 9.53 Å². The molecule has 5 aliphatic rings. The first kappa shape index (κ1) is 19.3. The maximum absolute atomic E-state index is 13.3. The van der Waals surface area contributed by atoms with E-state index in [0.29, 0.717) is 29.5 Å². The van der Waals surface area contributed by atoms with E-state index >= 15 is 0 Å². The molecular weight excluding hydrogens is 350 g/mol. The number of morpholine rings is 1. The van der Waals surface area contributed by atoms with Crippen molar-refractivity contribution < 1.29 is 14.6 Å². The standard InChI is InChI=1S/C24H37NO3/c1-14-10-15-11-16(26)4-6-23(15,2)17-5-7-24(3)18(21(14)17)12-19(27)22(24)20-13-25-8-9-28-20/h10,14,16-18,20-22,25-26H,4-9,11-13H2,1-3H3/t14?,16?,17-,18+,20?,21-,22?,23+,24+/m1/s1. The lowest BCUT2D eigenvalue weighted by Gasteiger charge is -2.59. The second kappa shape index (κ2) is 6.65. The van der Waals surface area contributed by atoms with Gasteiger partial charge in [-0.15, -0.1) is 0 Å². The van der Waals surface area contributed by atoms with Crippen molar-refractivity contribution in [3.63, 3.8) is 0 Å². The van der Waals surface area contributed by atoms with Crippen LogP contribution < -0.4 is 5.32 Å². The molecule has 4 aliphatic carbocycles. The number of ether oxygens (including phenoxy) is 1. The van der Waals surface area contributed by atoms with E-state index in [-0.39, 0.29) is 29.0 Å². The minimum atomic E-state index is -0.162. The normalized spacial score (nSPS) is 53.8. The zero-order valence-electron chi connectivity index (χ0n) is 17.7. The Kier molecular flexibility index (Phi) is 4.57. The Bertz CT molecular complexity index is 683. The first-order valence-electron chi connectivity index (χ1n) is 11.6. The number of hydrogen-bond donors (Lipinski definition) is 2. The van der Waals surface area contributed by atoms with Gasteiger partial charge in [-0.05, 0) is 66.6 Å². The molecule has 1 aliphatic heterocycles. The van der Waals surface area contributed by atoms with E-state index in [0.717, 1.165) is 51.8 Å². The van der Waals surface area contributed by atoms with E-state index in [2.05, 4.69) is 32.2 Å². The van der Waals surface area contributed by atoms with Crippen molar-refractivity contribution >= 4 is 5.78 Å². The second-order valence-corrected chi connectivity index (χ2v) is 11.0. The lowest BCUT2D eigenvalue weighted by Crippen LogP contribution is -2.55. The molecule has 1 saturated heterocycles. The van der Waals surface area contributed by atoms with Crippen LogP contribution in [0.15, 0.2) is 11.6 Å². The van der Waals surface area contributed by atoms with Crippen LogP contribution in [0.25, 0.3) is 0 Å². The molecule has 0 spiro atoms. The Balaban J connectivity index is 1.49. The molecule has 0 aromatic heterocycles. The quantitative estimate of drug-likeness (QED) is 0.678. The Hall–Kier alpha value is -0.710. The van der Waals surface area contributed by atoms with Gasteiger partial charge in [0, 0.05) is 19.5 Å². The second-order valence-electron chi connectivity index (χ2n) is 11.0. The van der Waals surface area contributed by atoms with Gasteiger partial charge >= 0.3 is 0 Å². The van der Waals surface area contributed by atoms with Crippen LogP contribution >= 0.6 is 0 Å². The highest BCUT2D eigenvalue weighted by Crippen LogP contribution is 2.67. The number of rotatable bonds is 1. The molecule has 5 rings (SSSR count). The number of carbonyl (C=O) groups is 1. The molecule has 2 N–H and O–H groups in total. The fourth-order valence-corrected chi connectivity index (χ4v) is 8.27. The number of allylic oxidation sites excluding steroid dienone is 1. The van der Waals surface area contributed by atoms with Crippen molar-refractivity contribution in [1.82, 2.24) is 5.32 Å². The van der Waals surface area contributed by atoms with E-state index in [9.17, 15) is 9.90 Å². The summed E-state index contributed by atoms with van der Waals surface area (Å²) in [5.41, 5.74) is 1.80. The monoisotopic (exact) mass is 387 g/mol. The molecule has 3 saturated carbocycles. The molecule has 4 nitrogen and oxygen atoms in total. The fourth-order valence-electron chi connectivity index (χ4n) is 8.27. The van der Waals surface area contributed by atoms with Crippen LogP contribution in [0.3, 0.4) is 0 Å². The van der Waals surface area contributed by atoms with Gasteiger partial charge in [-0.3, -0.25) is 4.79 Å². The molecule has 0 aromatic carbocycles. The third-order valence-corrected chi connectivity index (χ3v) is 9.65. The van der Waals surface area contributed by atoms with Gasteiger partial charge in [0.15, 0.2) is 0 Å². The number of hydrogen-bond acceptors (Lipinski definition) is 4. The topological polar surface area (TPSA) is 58.6 Å². The minimum absolute atomic E-state index is 0.0539. The summed E-state index contributed by atoms with van der Waals surface area (Å²) in [4.78, 5) is 13.3. The zero-order valence-corrected chi connectivity index (χ0v) is 17.7. The van der Waals surface area contributed by atoms with Crippen molar-refractivity contribution in [3.05, 3.63) is 11.6 Å². The number of Topliss-reactive ketones (excluding diaryl/α,β-unsaturated/α-hetero) is 1. The third-order valence-electron chi connectivity index (χ3n) is 9.65. The van der Waals surface area contributed by atoms with Crippen LogP contribution in [0.4, 0.5) is 0 Å². The molecule has 9 atom stereocenters. The summed E-state index contributed by atoms with van der Waals surface area (Å²) in [7, 11) is 0. The summed E-state index contributed by atoms with van der Waals surface area (Å²) in [5, 5.41) is 13.7. The van der Waals surface area contributed by atoms with Crippen molar-refractivity contribution in [2.24, 2.45) is 40.4 Å². The lowest BCUT2D eigenvalue weighted by molar-refractivity contribution is -0.133. The summed E-state index contributed by atoms with van der Waals surface area (Å²) in [6, 6.07) is 0. The first-order chi connectivity index (χ1) is 13.3. The molecule has 0 amide bonds. The van der Waals surface area contributed by atoms with E-state index in [1.54, 1.807) is 0 Å². The number of aliphatic hydroxyl groups excluding tert-OH is 1. The average molecular weight is 388 g/mol. The fraction of sp³-hybridized carbons (Fsp3) is 0.875. The third kappa shape index (κ3) is 2.63. The number of carbonyl (C=O) groups excluding carboxylic acids is 1. The molecule has 28 heavy (non-hydrogen) atoms. The van der Waals surface area contributed by atoms with Crippen molar-refractivity contribution in [1.29, 1.82) is 0 Å². The van der Waals surface area contributed by atoms with E-state index in [1.807, 2.05) is 0 Å². The summed E-state index contributed by atoms with van der Waals surface area (Å²) < 4.78 is 6.10. The Morgan fingerprint density at radius 3 is 2.75 bits per heavy atom. The van der Waals surface area contributed by atoms with Crippen LogP contribution in [0.2, 0.25) is 0 Å². The maximum atomic E-state index is 13.3. The van der Waals surface area contributed by atoms with Gasteiger partial charge < -0.3 is 15.2 Å². The summed E-state index contributed by atoms with van der Waals surface area (Å²) >= 11 is 0. The highest BCUT2D eigenvalue weighted by Gasteiger charge is 2.63. The Morgan fingerprint density at radius 1 is 1.18 bits per heavy atom. The first-order valence-corrected chi connectivity index (χ1v) is 11.6. The van der Waals surface area contributed by atoms with Crippen LogP contribution in [0.1, 0.15) is 59.3 Å². The molecular formula is C24H37NO3. The van der Waals surface area contributed by atoms with Crippen LogP contribution in [0.5, 0.6) is 0 Å². The van der Waals surface area contributed by atoms with Crippen molar-refractivity contribution in [2.45, 2.75) is 71.5 Å². The summed E-state index contributed by atoms with van der Waals surface area (Å²) in [6.07, 6.45) is 8.38. The summed E-state index contributed by atoms with van der Waals surface area (Å²) in [5.74, 6) is 2.74. The molecule has 1 heterocycles. The highest BCUT2D eigenvalue weighted by atomic mass is 16.5. The number of fused-ring (bicyclic) bond motifs is 5. The van der Waals surface area contributed by atoms with E-state index < -0.39 is 0 Å². The molecule has 4 unspecified atom stereocenters. The number of aliphatic hydroxyl groups is 1. The number of ketones is 1. The number of nitrogens with one attached hydrogen (secondary N) is 1. The lowest BCUT2D eigenvalue weighted by atomic mass is 9.45. The van der Waals surface area contributed by atoms with Gasteiger partial charge in [0.1, 0.15) is 5.78 Å². The van der Waals surface area contributed by atoms with E-state index in [1.165, 1.54) is 12.0 Å². The predicted molar refractivity (Wildman–Crippen MR) is 109 cm³/mol. The molecule has 4 heteroatoms. The zero-order chi connectivity index (χ0) is 19.7. The van der Waals surface area contributed by atoms with Gasteiger partial charge in [-0.25, -0.2) is 0 Å².